The fraction of sp³-hybridized carbons (Fsp3) is 0.513. The van der Waals surface area contributed by atoms with E-state index >= 15 is 9.18 Å². The number of esters is 2. The number of nitrogens with zero attached hydrogens (tertiary/aromatic N) is 4. The molecule has 29 nitrogen and oxygen atoms in total. The maximum atomic E-state index is 15.8. The number of carbonyl (C=O) groups is 5. The number of aliphatic carboxylic acids is 1. The van der Waals surface area contributed by atoms with Crippen molar-refractivity contribution in [2.45, 2.75) is 175 Å². The molecule has 0 radical (unpaired) electrons. The highest BCUT2D eigenvalue weighted by Gasteiger charge is 2.48. The van der Waals surface area contributed by atoms with Crippen LogP contribution in [0.4, 0.5) is 21.5 Å². The van der Waals surface area contributed by atoms with Crippen molar-refractivity contribution >= 4 is 96.5 Å². The second kappa shape index (κ2) is 30.0. The number of benzene rings is 4. The average molecular weight is 1470 g/mol. The van der Waals surface area contributed by atoms with Crippen LogP contribution in [0.2, 0.25) is 0 Å². The number of rotatable bonds is 16. The quantitative estimate of drug-likeness (QED) is 0.0203. The average Bonchev–Trinajstić information content (AvgIpc) is 1.41. The van der Waals surface area contributed by atoms with E-state index in [0.29, 0.717) is 62.6 Å². The van der Waals surface area contributed by atoms with Crippen LogP contribution in [0.5, 0.6) is 11.5 Å². The minimum absolute atomic E-state index is 0.00943. The first-order valence-electron chi connectivity index (χ1n) is 35.6. The summed E-state index contributed by atoms with van der Waals surface area (Å²) in [5.41, 5.74) is -5.09. The lowest BCUT2D eigenvalue weighted by molar-refractivity contribution is -0.246. The van der Waals surface area contributed by atoms with Crippen LogP contribution in [-0.2, 0) is 52.3 Å². The fourth-order valence-corrected chi connectivity index (χ4v) is 15.0. The second-order valence-corrected chi connectivity index (χ2v) is 29.5. The molecule has 1 aliphatic carbocycles. The first-order chi connectivity index (χ1) is 50.2. The summed E-state index contributed by atoms with van der Waals surface area (Å²) in [6, 6.07) is 5.55. The number of amides is 1. The van der Waals surface area contributed by atoms with Crippen LogP contribution < -0.4 is 41.8 Å². The normalized spacial score (nSPS) is 28.4. The number of halogens is 1. The Balaban J connectivity index is 0.901. The van der Waals surface area contributed by atoms with E-state index in [0.717, 1.165) is 25.2 Å². The molecule has 6 aliphatic heterocycles. The van der Waals surface area contributed by atoms with Crippen molar-refractivity contribution in [3.8, 4) is 11.5 Å². The number of piperazine rings is 1. The van der Waals surface area contributed by atoms with Crippen molar-refractivity contribution in [3.05, 3.63) is 119 Å². The van der Waals surface area contributed by atoms with Gasteiger partial charge in [-0.25, -0.2) is 14.2 Å². The van der Waals surface area contributed by atoms with E-state index in [1.165, 1.54) is 98.0 Å². The highest BCUT2D eigenvalue weighted by molar-refractivity contribution is 6.17. The summed E-state index contributed by atoms with van der Waals surface area (Å²) in [7, 11) is 0. The molecule has 3 saturated heterocycles. The summed E-state index contributed by atoms with van der Waals surface area (Å²) in [6.07, 6.45) is 0.780. The Hall–Kier alpha value is -9.56. The smallest absolute Gasteiger partial charge is 0.341 e. The van der Waals surface area contributed by atoms with Gasteiger partial charge in [0.25, 0.3) is 5.91 Å². The molecular weight excluding hydrogens is 1380 g/mol. The minimum atomic E-state index is -2.19. The number of hydrogen-bond acceptors (Lipinski definition) is 25. The number of aromatic hydroxyl groups is 1. The second-order valence-electron chi connectivity index (χ2n) is 29.5. The standard InChI is InChI=1S/C76H89FN6O23/c1-34-14-12-15-44(39(6)102-74(97)75(9,10)31-54(86)87)63(89)36(3)62(88)37(4)67(103-41(8)84)35(2)51(104-55-30-53-69(40(7)101-55)99-33-98-53)18-25-100-76(11)71(93)58-56-57(64(90)38(5)68(58)106-76)66(92)61(80-72(34)94)70-60(56)79-59-50(85)26-42(27-52(59)105-70)78-19-13-20-81-21-23-82(24-22-81)49-29-48-45(28-47(49)77)65(91)46(73(95)96)32-83(48)43-16-17-43/h12,14-15,18,25-29,32,35-37,39-40,43-44,51,53,55,62-63,67,69,78,88-90,93H,13,16-17,19-24,30-31,33H2,1-11H3,(H,80,94)(H,86,87)(H,95,96)/b15-12+,25-18+,34-14-/t35-,36+,37-,39?,40-,44-,51+,53+,55+,62-,63-,67-,69-,76+/m1/s1. The molecule has 8 N–H and O–H groups in total. The van der Waals surface area contributed by atoms with E-state index in [2.05, 4.69) is 15.5 Å². The van der Waals surface area contributed by atoms with Gasteiger partial charge in [0, 0.05) is 129 Å². The minimum Gasteiger partial charge on any atom is -0.507 e. The number of anilines is 3. The third kappa shape index (κ3) is 14.9. The molecule has 5 bridgehead atoms. The van der Waals surface area contributed by atoms with Gasteiger partial charge in [-0.3, -0.25) is 38.5 Å². The van der Waals surface area contributed by atoms with E-state index in [1.54, 1.807) is 31.4 Å². The molecule has 1 unspecified atom stereocenters. The number of aliphatic hydroxyl groups is 3. The van der Waals surface area contributed by atoms with E-state index in [1.807, 2.05) is 4.90 Å². The third-order valence-electron chi connectivity index (χ3n) is 21.4. The monoisotopic (exact) mass is 1470 g/mol. The maximum absolute atomic E-state index is 15.8. The van der Waals surface area contributed by atoms with Gasteiger partial charge in [0.15, 0.2) is 28.7 Å². The molecule has 1 amide bonds. The number of aromatic nitrogens is 2. The number of fused-ring (bicyclic) bond motifs is 16. The molecule has 1 saturated carbocycles. The molecular formula is C76H89FN6O23. The van der Waals surface area contributed by atoms with Gasteiger partial charge in [-0.2, -0.15) is 0 Å². The molecule has 0 spiro atoms. The van der Waals surface area contributed by atoms with Gasteiger partial charge in [0.1, 0.15) is 59.2 Å². The SMILES string of the molecule is CC(=O)O[C@H]1[C@H](C)[C@H](O)[C@H](C)[C@@H](O)[C@@H](C(C)OC(=O)C(C)(C)CC(=O)O)/C=C/C=C(/C)C(=O)Nc2c(=O)c3c(O)c(C)c4c(c3c3nc5c(=O)cc(NCCCN6CCN(c7cc8c(cc7F)c(=O)c(C(=O)O)cn8C7CC7)CC6)cc5oc23)=C(O)[C@@](C)(O/C=C/[C@H](O[C@H]2C[C@@H]3OCO[C@@H]3[C@@H](C)O2)[C@H]1C)O4. The summed E-state index contributed by atoms with van der Waals surface area (Å²) in [4.78, 5) is 117. The number of allylic oxidation sites excluding steroid dienone is 2. The number of carboxylic acids is 2. The van der Waals surface area contributed by atoms with E-state index in [-0.39, 0.29) is 68.7 Å². The van der Waals surface area contributed by atoms with Gasteiger partial charge in [0.2, 0.25) is 16.3 Å². The Morgan fingerprint density at radius 3 is 2.32 bits per heavy atom. The number of phenolic OH excluding ortho intramolecular Hbond substituents is 1. The third-order valence-corrected chi connectivity index (χ3v) is 21.4. The molecule has 6 aromatic rings. The van der Waals surface area contributed by atoms with E-state index in [4.69, 9.17) is 47.3 Å². The molecule has 8 heterocycles. The zero-order valence-corrected chi connectivity index (χ0v) is 60.6. The fourth-order valence-electron chi connectivity index (χ4n) is 15.0. The first kappa shape index (κ1) is 76.1. The lowest BCUT2D eigenvalue weighted by Crippen LogP contribution is -2.50. The van der Waals surface area contributed by atoms with Crippen LogP contribution in [0.25, 0.3) is 49.6 Å². The maximum Gasteiger partial charge on any atom is 0.341 e. The Morgan fingerprint density at radius 2 is 1.63 bits per heavy atom. The highest BCUT2D eigenvalue weighted by atomic mass is 19.1. The van der Waals surface area contributed by atoms with E-state index in [9.17, 15) is 64.2 Å². The van der Waals surface area contributed by atoms with Gasteiger partial charge in [0.05, 0.1) is 70.4 Å². The lowest BCUT2D eigenvalue weighted by atomic mass is 9.77. The Morgan fingerprint density at radius 1 is 0.906 bits per heavy atom. The van der Waals surface area contributed by atoms with Gasteiger partial charge < -0.3 is 93.1 Å². The van der Waals surface area contributed by atoms with Gasteiger partial charge in [-0.1, -0.05) is 39.0 Å². The van der Waals surface area contributed by atoms with Crippen LogP contribution in [0, 0.1) is 41.8 Å². The summed E-state index contributed by atoms with van der Waals surface area (Å²) in [5, 5.41) is 74.2. The van der Waals surface area contributed by atoms with E-state index < -0.39 is 182 Å². The van der Waals surface area contributed by atoms with Crippen LogP contribution >= 0.6 is 0 Å². The van der Waals surface area contributed by atoms with Gasteiger partial charge in [-0.05, 0) is 85.6 Å². The number of phenols is 1. The lowest BCUT2D eigenvalue weighted by Gasteiger charge is -2.41. The van der Waals surface area contributed by atoms with Crippen molar-refractivity contribution in [3.63, 3.8) is 0 Å². The molecule has 568 valence electrons. The molecule has 30 heteroatoms. The summed E-state index contributed by atoms with van der Waals surface area (Å²) < 4.78 is 73.6. The topological polar surface area (TPSA) is 393 Å². The van der Waals surface area contributed by atoms with Crippen molar-refractivity contribution in [1.82, 2.24) is 14.5 Å². The number of carbonyl (C=O) groups excluding carboxylic acids is 3. The van der Waals surface area contributed by atoms with Crippen LogP contribution in [0.1, 0.15) is 123 Å². The van der Waals surface area contributed by atoms with Crippen molar-refractivity contribution in [2.75, 3.05) is 61.6 Å². The largest absolute Gasteiger partial charge is 0.507 e. The highest BCUT2D eigenvalue weighted by Crippen LogP contribution is 2.44. The van der Waals surface area contributed by atoms with Gasteiger partial charge in [-0.15, -0.1) is 0 Å². The van der Waals surface area contributed by atoms with Gasteiger partial charge >= 0.3 is 29.7 Å². The van der Waals surface area contributed by atoms with Crippen molar-refractivity contribution in [1.29, 1.82) is 0 Å². The molecule has 13 rings (SSSR count). The summed E-state index contributed by atoms with van der Waals surface area (Å²) >= 11 is 0. The summed E-state index contributed by atoms with van der Waals surface area (Å²) in [5.74, 6) is -13.8. The molecule has 4 aromatic carbocycles. The molecule has 4 fully saturated rings. The zero-order chi connectivity index (χ0) is 76.4. The Bertz CT molecular complexity index is 4870. The number of aliphatic hydroxyl groups excluding tert-OH is 3. The molecule has 2 aromatic heterocycles. The molecule has 7 aliphatic rings. The van der Waals surface area contributed by atoms with Crippen molar-refractivity contribution in [2.24, 2.45) is 29.1 Å². The van der Waals surface area contributed by atoms with Crippen LogP contribution in [0.15, 0.2) is 85.4 Å². The molecule has 14 atom stereocenters. The predicted octanol–water partition coefficient (Wildman–Crippen LogP) is 7.33. The first-order valence-corrected chi connectivity index (χ1v) is 35.6. The number of ether oxygens (including phenoxy) is 8. The Labute approximate surface area is 606 Å². The van der Waals surface area contributed by atoms with Crippen molar-refractivity contribution < 1.29 is 101 Å². The Kier molecular flexibility index (Phi) is 21.5. The number of pyridine rings is 1. The number of carboxylic acid groups (broad SMARTS) is 2. The summed E-state index contributed by atoms with van der Waals surface area (Å²) in [6.45, 7) is 19.2. The number of hydrogen-bond donors (Lipinski definition) is 8. The number of aromatic carboxylic acids is 1. The zero-order valence-electron chi connectivity index (χ0n) is 60.6. The number of nitrogens with one attached hydrogen (secondary N) is 2. The predicted molar refractivity (Wildman–Crippen MR) is 384 cm³/mol. The van der Waals surface area contributed by atoms with Crippen LogP contribution in [-0.4, -0.2) is 182 Å². The van der Waals surface area contributed by atoms with Crippen LogP contribution in [0.3, 0.4) is 0 Å². The molecule has 106 heavy (non-hydrogen) atoms.